The van der Waals surface area contributed by atoms with E-state index in [-0.39, 0.29) is 29.0 Å². The second kappa shape index (κ2) is 5.51. The van der Waals surface area contributed by atoms with Gasteiger partial charge in [0.15, 0.2) is 0 Å². The van der Waals surface area contributed by atoms with Crippen LogP contribution in [-0.2, 0) is 14.8 Å². The number of esters is 1. The molecule has 1 aromatic carbocycles. The minimum absolute atomic E-state index is 0.00846. The van der Waals surface area contributed by atoms with Gasteiger partial charge in [-0.2, -0.15) is 0 Å². The van der Waals surface area contributed by atoms with Crippen LogP contribution in [0.25, 0.3) is 0 Å². The number of rotatable bonds is 6. The number of ether oxygens (including phenoxy) is 1. The average molecular weight is 299 g/mol. The van der Waals surface area contributed by atoms with Gasteiger partial charge in [0.05, 0.1) is 17.6 Å². The van der Waals surface area contributed by atoms with E-state index in [9.17, 15) is 18.3 Å². The van der Waals surface area contributed by atoms with Gasteiger partial charge in [-0.25, -0.2) is 17.9 Å². The lowest BCUT2D eigenvalue weighted by Crippen LogP contribution is -2.32. The van der Waals surface area contributed by atoms with E-state index in [0.29, 0.717) is 0 Å². The lowest BCUT2D eigenvalue weighted by molar-refractivity contribution is 0.0600. The molecule has 0 atom stereocenters. The Kier molecular flexibility index (Phi) is 4.12. The molecular formula is C13H17NO5S. The highest BCUT2D eigenvalue weighted by atomic mass is 32.2. The summed E-state index contributed by atoms with van der Waals surface area (Å²) >= 11 is 0. The first-order chi connectivity index (χ1) is 9.42. The van der Waals surface area contributed by atoms with E-state index < -0.39 is 16.0 Å². The Morgan fingerprint density at radius 2 is 2.15 bits per heavy atom. The summed E-state index contributed by atoms with van der Waals surface area (Å²) < 4.78 is 31.3. The van der Waals surface area contributed by atoms with Crippen molar-refractivity contribution in [1.29, 1.82) is 0 Å². The highest BCUT2D eigenvalue weighted by Gasteiger charge is 2.42. The molecule has 0 saturated heterocycles. The molecule has 0 aromatic heterocycles. The van der Waals surface area contributed by atoms with Crippen LogP contribution in [0.15, 0.2) is 29.2 Å². The van der Waals surface area contributed by atoms with Crippen molar-refractivity contribution in [2.75, 3.05) is 20.3 Å². The Labute approximate surface area is 117 Å². The predicted molar refractivity (Wildman–Crippen MR) is 71.7 cm³/mol. The summed E-state index contributed by atoms with van der Waals surface area (Å²) in [5.74, 6) is -0.587. The molecule has 0 spiro atoms. The molecule has 1 aromatic rings. The van der Waals surface area contributed by atoms with Gasteiger partial charge in [-0.3, -0.25) is 0 Å². The number of aliphatic hydroxyl groups excluding tert-OH is 1. The van der Waals surface area contributed by atoms with Crippen LogP contribution < -0.4 is 4.72 Å². The fourth-order valence-electron chi connectivity index (χ4n) is 1.81. The zero-order valence-corrected chi connectivity index (χ0v) is 11.9. The molecule has 0 unspecified atom stereocenters. The number of aliphatic hydroxyl groups is 1. The van der Waals surface area contributed by atoms with Gasteiger partial charge < -0.3 is 9.84 Å². The van der Waals surface area contributed by atoms with Crippen LogP contribution in [0.1, 0.15) is 23.2 Å². The SMILES string of the molecule is COC(=O)c1cccc(S(=O)(=O)NCC2(CO)CC2)c1. The second-order valence-electron chi connectivity index (χ2n) is 5.00. The van der Waals surface area contributed by atoms with Crippen LogP contribution in [0.5, 0.6) is 0 Å². The third-order valence-corrected chi connectivity index (χ3v) is 4.89. The van der Waals surface area contributed by atoms with Crippen molar-refractivity contribution in [1.82, 2.24) is 4.72 Å². The van der Waals surface area contributed by atoms with E-state index >= 15 is 0 Å². The number of nitrogens with one attached hydrogen (secondary N) is 1. The van der Waals surface area contributed by atoms with E-state index in [1.807, 2.05) is 0 Å². The van der Waals surface area contributed by atoms with Gasteiger partial charge in [0.1, 0.15) is 0 Å². The Bertz CT molecular complexity index is 607. The highest BCUT2D eigenvalue weighted by Crippen LogP contribution is 2.44. The van der Waals surface area contributed by atoms with Gasteiger partial charge in [-0.05, 0) is 31.0 Å². The van der Waals surface area contributed by atoms with Crippen molar-refractivity contribution in [3.63, 3.8) is 0 Å². The molecule has 7 heteroatoms. The molecule has 1 saturated carbocycles. The van der Waals surface area contributed by atoms with Crippen LogP contribution in [0, 0.1) is 5.41 Å². The van der Waals surface area contributed by atoms with Gasteiger partial charge in [0.25, 0.3) is 0 Å². The molecule has 0 heterocycles. The number of carbonyl (C=O) groups excluding carboxylic acids is 1. The van der Waals surface area contributed by atoms with Crippen LogP contribution in [0.2, 0.25) is 0 Å². The summed E-state index contributed by atoms with van der Waals surface area (Å²) in [7, 11) is -2.46. The zero-order valence-electron chi connectivity index (χ0n) is 11.1. The van der Waals surface area contributed by atoms with Crippen molar-refractivity contribution in [3.8, 4) is 0 Å². The van der Waals surface area contributed by atoms with E-state index in [2.05, 4.69) is 9.46 Å². The number of hydrogen-bond donors (Lipinski definition) is 2. The maximum atomic E-state index is 12.1. The van der Waals surface area contributed by atoms with Crippen LogP contribution >= 0.6 is 0 Å². The number of sulfonamides is 1. The predicted octanol–water partition coefficient (Wildman–Crippen LogP) is 0.524. The molecule has 0 aliphatic heterocycles. The molecule has 0 bridgehead atoms. The normalized spacial score (nSPS) is 16.7. The summed E-state index contributed by atoms with van der Waals surface area (Å²) in [6, 6.07) is 5.65. The standard InChI is InChI=1S/C13H17NO5S/c1-19-12(16)10-3-2-4-11(7-10)20(17,18)14-8-13(9-15)5-6-13/h2-4,7,14-15H,5-6,8-9H2,1H3. The summed E-state index contributed by atoms with van der Waals surface area (Å²) in [6.07, 6.45) is 1.63. The maximum absolute atomic E-state index is 12.1. The van der Waals surface area contributed by atoms with Gasteiger partial charge in [0.2, 0.25) is 10.0 Å². The van der Waals surface area contributed by atoms with Crippen molar-refractivity contribution in [3.05, 3.63) is 29.8 Å². The minimum atomic E-state index is -3.70. The first kappa shape index (κ1) is 15.0. The van der Waals surface area contributed by atoms with Crippen molar-refractivity contribution in [2.45, 2.75) is 17.7 Å². The molecule has 20 heavy (non-hydrogen) atoms. The Balaban J connectivity index is 2.15. The largest absolute Gasteiger partial charge is 0.465 e. The third kappa shape index (κ3) is 3.17. The Morgan fingerprint density at radius 1 is 1.45 bits per heavy atom. The monoisotopic (exact) mass is 299 g/mol. The maximum Gasteiger partial charge on any atom is 0.337 e. The molecule has 0 amide bonds. The van der Waals surface area contributed by atoms with Gasteiger partial charge in [-0.15, -0.1) is 0 Å². The second-order valence-corrected chi connectivity index (χ2v) is 6.77. The van der Waals surface area contributed by atoms with Crippen molar-refractivity contribution >= 4 is 16.0 Å². The molecule has 1 aliphatic rings. The van der Waals surface area contributed by atoms with Crippen molar-refractivity contribution < 1.29 is 23.1 Å². The third-order valence-electron chi connectivity index (χ3n) is 3.50. The first-order valence-corrected chi connectivity index (χ1v) is 7.70. The average Bonchev–Trinajstić information content (AvgIpc) is 3.25. The quantitative estimate of drug-likeness (QED) is 0.747. The minimum Gasteiger partial charge on any atom is -0.465 e. The van der Waals surface area contributed by atoms with Gasteiger partial charge in [0, 0.05) is 18.6 Å². The van der Waals surface area contributed by atoms with Crippen molar-refractivity contribution in [2.24, 2.45) is 5.41 Å². The smallest absolute Gasteiger partial charge is 0.337 e. The number of hydrogen-bond acceptors (Lipinski definition) is 5. The molecule has 1 fully saturated rings. The highest BCUT2D eigenvalue weighted by molar-refractivity contribution is 7.89. The number of methoxy groups -OCH3 is 1. The Morgan fingerprint density at radius 3 is 2.70 bits per heavy atom. The van der Waals surface area contributed by atoms with E-state index in [1.165, 1.54) is 31.4 Å². The fraction of sp³-hybridized carbons (Fsp3) is 0.462. The topological polar surface area (TPSA) is 92.7 Å². The summed E-state index contributed by atoms with van der Waals surface area (Å²) in [5.41, 5.74) is -0.133. The lowest BCUT2D eigenvalue weighted by atomic mass is 10.1. The summed E-state index contributed by atoms with van der Waals surface area (Å²) in [6.45, 7) is 0.173. The molecular weight excluding hydrogens is 282 g/mol. The number of benzene rings is 1. The summed E-state index contributed by atoms with van der Waals surface area (Å²) in [4.78, 5) is 11.4. The fourth-order valence-corrected chi connectivity index (χ4v) is 3.01. The molecule has 0 radical (unpaired) electrons. The zero-order chi connectivity index (χ0) is 14.8. The molecule has 2 rings (SSSR count). The molecule has 110 valence electrons. The molecule has 2 N–H and O–H groups in total. The van der Waals surface area contributed by atoms with E-state index in [0.717, 1.165) is 12.8 Å². The molecule has 6 nitrogen and oxygen atoms in total. The Hall–Kier alpha value is -1.44. The first-order valence-electron chi connectivity index (χ1n) is 6.21. The van der Waals surface area contributed by atoms with Crippen LogP contribution in [0.3, 0.4) is 0 Å². The lowest BCUT2D eigenvalue weighted by Gasteiger charge is -2.13. The van der Waals surface area contributed by atoms with Gasteiger partial charge in [-0.1, -0.05) is 6.07 Å². The van der Waals surface area contributed by atoms with Crippen LogP contribution in [-0.4, -0.2) is 39.8 Å². The van der Waals surface area contributed by atoms with Gasteiger partial charge >= 0.3 is 5.97 Å². The van der Waals surface area contributed by atoms with E-state index in [4.69, 9.17) is 0 Å². The number of carbonyl (C=O) groups is 1. The molecule has 1 aliphatic carbocycles. The summed E-state index contributed by atoms with van der Waals surface area (Å²) in [5, 5.41) is 9.18. The van der Waals surface area contributed by atoms with E-state index in [1.54, 1.807) is 0 Å². The van der Waals surface area contributed by atoms with Crippen LogP contribution in [0.4, 0.5) is 0 Å².